The Balaban J connectivity index is 2.58. The van der Waals surface area contributed by atoms with Crippen molar-refractivity contribution in [3.63, 3.8) is 0 Å². The third-order valence-corrected chi connectivity index (χ3v) is 5.34. The number of carbonyl (C=O) groups excluding carboxylic acids is 4. The van der Waals surface area contributed by atoms with Gasteiger partial charge in [-0.05, 0) is 25.7 Å². The third kappa shape index (κ3) is 3.88. The number of esters is 4. The Kier molecular flexibility index (Phi) is 7.40. The fourth-order valence-electron chi connectivity index (χ4n) is 3.84. The highest BCUT2D eigenvalue weighted by molar-refractivity contribution is 6.15. The van der Waals surface area contributed by atoms with Crippen LogP contribution in [0.1, 0.15) is 52.4 Å². The fourth-order valence-corrected chi connectivity index (χ4v) is 3.84. The maximum Gasteiger partial charge on any atom is 0.337 e. The van der Waals surface area contributed by atoms with Crippen LogP contribution in [0.3, 0.4) is 0 Å². The quantitative estimate of drug-likeness (QED) is 0.321. The van der Waals surface area contributed by atoms with E-state index in [-0.39, 0.29) is 37.2 Å². The summed E-state index contributed by atoms with van der Waals surface area (Å²) in [5.74, 6) is -3.24. The molecule has 0 amide bonds. The lowest BCUT2D eigenvalue weighted by atomic mass is 9.76. The van der Waals surface area contributed by atoms with Crippen molar-refractivity contribution in [3.05, 3.63) is 11.1 Å². The van der Waals surface area contributed by atoms with Crippen molar-refractivity contribution < 1.29 is 38.1 Å². The maximum atomic E-state index is 12.9. The fraction of sp³-hybridized carbons (Fsp3) is 0.700. The summed E-state index contributed by atoms with van der Waals surface area (Å²) in [6, 6.07) is 0. The van der Waals surface area contributed by atoms with E-state index in [1.54, 1.807) is 0 Å². The minimum absolute atomic E-state index is 0.0821. The average Bonchev–Trinajstić information content (AvgIpc) is 3.27. The highest BCUT2D eigenvalue weighted by Crippen LogP contribution is 2.51. The average molecular weight is 411 g/mol. The van der Waals surface area contributed by atoms with Crippen LogP contribution in [0.2, 0.25) is 0 Å². The molecule has 0 aliphatic carbocycles. The molecule has 2 unspecified atom stereocenters. The first-order chi connectivity index (χ1) is 13.8. The van der Waals surface area contributed by atoms with Crippen molar-refractivity contribution in [2.24, 2.45) is 0 Å². The molecule has 29 heavy (non-hydrogen) atoms. The van der Waals surface area contributed by atoms with Gasteiger partial charge in [0.25, 0.3) is 0 Å². The zero-order valence-electron chi connectivity index (χ0n) is 17.4. The van der Waals surface area contributed by atoms with Crippen molar-refractivity contribution >= 4 is 23.9 Å². The summed E-state index contributed by atoms with van der Waals surface area (Å²) in [6.45, 7) is 4.12. The molecule has 0 aromatic rings. The van der Waals surface area contributed by atoms with Gasteiger partial charge in [0, 0.05) is 0 Å². The van der Waals surface area contributed by atoms with Crippen LogP contribution in [0.4, 0.5) is 0 Å². The molecule has 0 radical (unpaired) electrons. The van der Waals surface area contributed by atoms with Crippen LogP contribution < -0.4 is 5.32 Å². The monoisotopic (exact) mass is 411 g/mol. The second-order valence-electron chi connectivity index (χ2n) is 7.15. The molecule has 2 aliphatic rings. The summed E-state index contributed by atoms with van der Waals surface area (Å²) in [5.41, 5.74) is -3.77. The van der Waals surface area contributed by atoms with E-state index in [4.69, 9.17) is 18.9 Å². The molecule has 2 heterocycles. The standard InChI is InChI=1S/C20H29NO8/c1-5-7-11-28-15(22)13-14(16(23)29-12-8-6-2)20(18(25)27-4)10-9-19(13,21-20)17(24)26-3/h21H,5-12H2,1-4H3. The Morgan fingerprint density at radius 3 is 1.48 bits per heavy atom. The van der Waals surface area contributed by atoms with Gasteiger partial charge in [-0.1, -0.05) is 26.7 Å². The second-order valence-corrected chi connectivity index (χ2v) is 7.15. The molecule has 2 bridgehead atoms. The molecular weight excluding hydrogens is 382 g/mol. The van der Waals surface area contributed by atoms with Crippen molar-refractivity contribution in [1.82, 2.24) is 5.32 Å². The van der Waals surface area contributed by atoms with E-state index in [0.29, 0.717) is 12.8 Å². The molecule has 2 rings (SSSR count). The van der Waals surface area contributed by atoms with Crippen molar-refractivity contribution in [3.8, 4) is 0 Å². The summed E-state index contributed by atoms with van der Waals surface area (Å²) in [5, 5.41) is 2.87. The number of methoxy groups -OCH3 is 2. The van der Waals surface area contributed by atoms with Crippen LogP contribution in [0.25, 0.3) is 0 Å². The molecule has 0 saturated carbocycles. The van der Waals surface area contributed by atoms with Crippen LogP contribution in [-0.4, -0.2) is 62.4 Å². The summed E-state index contributed by atoms with van der Waals surface area (Å²) in [7, 11) is 2.35. The van der Waals surface area contributed by atoms with Gasteiger partial charge in [-0.3, -0.25) is 5.32 Å². The van der Waals surface area contributed by atoms with E-state index in [2.05, 4.69) is 5.32 Å². The van der Waals surface area contributed by atoms with Gasteiger partial charge in [-0.25, -0.2) is 19.2 Å². The Bertz CT molecular complexity index is 657. The van der Waals surface area contributed by atoms with Gasteiger partial charge in [0.15, 0.2) is 11.1 Å². The first kappa shape index (κ1) is 22.9. The van der Waals surface area contributed by atoms with Crippen molar-refractivity contribution in [1.29, 1.82) is 0 Å². The van der Waals surface area contributed by atoms with Crippen LogP contribution in [0, 0.1) is 0 Å². The number of carbonyl (C=O) groups is 4. The number of hydrogen-bond acceptors (Lipinski definition) is 9. The predicted octanol–water partition coefficient (Wildman–Crippen LogP) is 1.19. The van der Waals surface area contributed by atoms with Crippen LogP contribution in [0.5, 0.6) is 0 Å². The molecule has 1 fully saturated rings. The molecule has 1 saturated heterocycles. The Labute approximate surface area is 170 Å². The molecule has 0 spiro atoms. The predicted molar refractivity (Wildman–Crippen MR) is 101 cm³/mol. The lowest BCUT2D eigenvalue weighted by molar-refractivity contribution is -0.151. The Morgan fingerprint density at radius 2 is 1.17 bits per heavy atom. The number of ether oxygens (including phenoxy) is 4. The second kappa shape index (κ2) is 9.39. The molecule has 162 valence electrons. The molecule has 0 aromatic carbocycles. The van der Waals surface area contributed by atoms with Crippen LogP contribution in [0.15, 0.2) is 11.1 Å². The van der Waals surface area contributed by atoms with Gasteiger partial charge in [-0.2, -0.15) is 0 Å². The van der Waals surface area contributed by atoms with Gasteiger partial charge >= 0.3 is 23.9 Å². The lowest BCUT2D eigenvalue weighted by Gasteiger charge is -2.27. The van der Waals surface area contributed by atoms with Gasteiger partial charge in [0.1, 0.15) is 0 Å². The number of fused-ring (bicyclic) bond motifs is 2. The number of nitrogens with one attached hydrogen (secondary N) is 1. The van der Waals surface area contributed by atoms with E-state index >= 15 is 0 Å². The van der Waals surface area contributed by atoms with Crippen molar-refractivity contribution in [2.45, 2.75) is 63.5 Å². The van der Waals surface area contributed by atoms with E-state index in [1.165, 1.54) is 14.2 Å². The summed E-state index contributed by atoms with van der Waals surface area (Å²) < 4.78 is 20.4. The Morgan fingerprint density at radius 1 is 0.793 bits per heavy atom. The van der Waals surface area contributed by atoms with Crippen molar-refractivity contribution in [2.75, 3.05) is 27.4 Å². The summed E-state index contributed by atoms with van der Waals surface area (Å²) >= 11 is 0. The van der Waals surface area contributed by atoms with Crippen LogP contribution >= 0.6 is 0 Å². The topological polar surface area (TPSA) is 117 Å². The Hall–Kier alpha value is -2.42. The first-order valence-corrected chi connectivity index (χ1v) is 9.90. The smallest absolute Gasteiger partial charge is 0.337 e. The van der Waals surface area contributed by atoms with Crippen LogP contribution in [-0.2, 0) is 38.1 Å². The third-order valence-electron chi connectivity index (χ3n) is 5.34. The largest absolute Gasteiger partial charge is 0.467 e. The zero-order valence-corrected chi connectivity index (χ0v) is 17.4. The number of rotatable bonds is 10. The van der Waals surface area contributed by atoms with Gasteiger partial charge in [-0.15, -0.1) is 0 Å². The number of unbranched alkanes of at least 4 members (excludes halogenated alkanes) is 2. The first-order valence-electron chi connectivity index (χ1n) is 9.90. The minimum atomic E-state index is -1.66. The molecule has 2 aliphatic heterocycles. The summed E-state index contributed by atoms with van der Waals surface area (Å²) in [4.78, 5) is 51.3. The molecule has 1 N–H and O–H groups in total. The molecule has 9 nitrogen and oxygen atoms in total. The molecule has 2 atom stereocenters. The molecule has 0 aromatic heterocycles. The van der Waals surface area contributed by atoms with Gasteiger partial charge in [0.2, 0.25) is 0 Å². The normalized spacial score (nSPS) is 25.0. The highest BCUT2D eigenvalue weighted by Gasteiger charge is 2.70. The summed E-state index contributed by atoms with van der Waals surface area (Å²) in [6.07, 6.45) is 3.00. The highest BCUT2D eigenvalue weighted by atomic mass is 16.5. The lowest BCUT2D eigenvalue weighted by Crippen LogP contribution is -2.55. The van der Waals surface area contributed by atoms with E-state index in [9.17, 15) is 19.2 Å². The molecular formula is C20H29NO8. The zero-order chi connectivity index (χ0) is 21.7. The number of hydrogen-bond donors (Lipinski definition) is 1. The maximum absolute atomic E-state index is 12.9. The SMILES string of the molecule is CCCCOC(=O)C1=C(C(=O)OCCCC)C2(C(=O)OC)CCC1(C(=O)OC)N2. The van der Waals surface area contributed by atoms with Gasteiger partial charge in [0.05, 0.1) is 38.6 Å². The van der Waals surface area contributed by atoms with E-state index < -0.39 is 35.0 Å². The van der Waals surface area contributed by atoms with Gasteiger partial charge < -0.3 is 18.9 Å². The minimum Gasteiger partial charge on any atom is -0.467 e. The van der Waals surface area contributed by atoms with E-state index in [1.807, 2.05) is 13.8 Å². The van der Waals surface area contributed by atoms with E-state index in [0.717, 1.165) is 12.8 Å². The molecule has 9 heteroatoms.